The molecule has 0 atom stereocenters. The van der Waals surface area contributed by atoms with Crippen LogP contribution in [0.2, 0.25) is 0 Å². The maximum absolute atomic E-state index is 11.8. The molecule has 0 aliphatic carbocycles. The second-order valence-corrected chi connectivity index (χ2v) is 6.94. The molecule has 0 bridgehead atoms. The smallest absolute Gasteiger partial charge is 0.336 e. The second-order valence-electron chi connectivity index (χ2n) is 6.94. The molecule has 0 saturated carbocycles. The molecule has 0 aromatic rings. The predicted molar refractivity (Wildman–Crippen MR) is 111 cm³/mol. The molecule has 6 nitrogen and oxygen atoms in total. The number of ether oxygens (including phenoxy) is 4. The van der Waals surface area contributed by atoms with Gasteiger partial charge in [-0.1, -0.05) is 64.7 Å². The van der Waals surface area contributed by atoms with Gasteiger partial charge in [0.1, 0.15) is 6.61 Å². The highest BCUT2D eigenvalue weighted by Gasteiger charge is 2.05. The summed E-state index contributed by atoms with van der Waals surface area (Å²) in [6.07, 6.45) is 14.0. The molecule has 6 heteroatoms. The summed E-state index contributed by atoms with van der Waals surface area (Å²) in [5.74, 6) is -0.325. The van der Waals surface area contributed by atoms with Crippen LogP contribution >= 0.6 is 0 Å². The molecule has 0 aliphatic heterocycles. The van der Waals surface area contributed by atoms with Crippen LogP contribution in [0.1, 0.15) is 78.1 Å². The summed E-state index contributed by atoms with van der Waals surface area (Å²) < 4.78 is 20.9. The topological polar surface area (TPSA) is 74.2 Å². The second kappa shape index (κ2) is 22.2. The van der Waals surface area contributed by atoms with Crippen molar-refractivity contribution in [1.82, 2.24) is 0 Å². The average molecular weight is 403 g/mol. The summed E-state index contributed by atoms with van der Waals surface area (Å²) >= 11 is 0. The summed E-state index contributed by atoms with van der Waals surface area (Å²) in [5, 5.41) is 8.55. The molecule has 0 spiro atoms. The first kappa shape index (κ1) is 26.9. The monoisotopic (exact) mass is 402 g/mol. The molecular formula is C22H42O6. The van der Waals surface area contributed by atoms with Crippen molar-refractivity contribution in [3.8, 4) is 0 Å². The van der Waals surface area contributed by atoms with E-state index in [9.17, 15) is 4.79 Å². The van der Waals surface area contributed by atoms with Crippen LogP contribution in [-0.4, -0.2) is 57.3 Å². The van der Waals surface area contributed by atoms with Crippen molar-refractivity contribution < 1.29 is 28.8 Å². The van der Waals surface area contributed by atoms with Gasteiger partial charge in [-0.05, 0) is 13.3 Å². The Kier molecular flexibility index (Phi) is 21.3. The lowest BCUT2D eigenvalue weighted by Gasteiger charge is -2.07. The lowest BCUT2D eigenvalue weighted by Crippen LogP contribution is -2.10. The van der Waals surface area contributed by atoms with Crippen LogP contribution in [0.3, 0.4) is 0 Å². The molecule has 0 heterocycles. The molecular weight excluding hydrogens is 360 g/mol. The van der Waals surface area contributed by atoms with Gasteiger partial charge in [-0.2, -0.15) is 0 Å². The normalized spacial score (nSPS) is 11.6. The molecule has 0 radical (unpaired) electrons. The van der Waals surface area contributed by atoms with Gasteiger partial charge in [0.15, 0.2) is 0 Å². The van der Waals surface area contributed by atoms with Gasteiger partial charge in [0.2, 0.25) is 0 Å². The van der Waals surface area contributed by atoms with E-state index in [4.69, 9.17) is 24.1 Å². The lowest BCUT2D eigenvalue weighted by atomic mass is 10.1. The van der Waals surface area contributed by atoms with Crippen LogP contribution in [0.15, 0.2) is 11.8 Å². The number of esters is 1. The molecule has 0 aromatic heterocycles. The highest BCUT2D eigenvalue weighted by Crippen LogP contribution is 2.10. The SMILES string of the molecule is CCCCCCCCCCCCOC(=O)C(C)=COCCOCCOCCO. The van der Waals surface area contributed by atoms with Crippen molar-refractivity contribution in [2.75, 3.05) is 46.2 Å². The first-order chi connectivity index (χ1) is 13.7. The van der Waals surface area contributed by atoms with E-state index in [0.717, 1.165) is 12.8 Å². The van der Waals surface area contributed by atoms with Gasteiger partial charge in [-0.25, -0.2) is 4.79 Å². The molecule has 0 unspecified atom stereocenters. The summed E-state index contributed by atoms with van der Waals surface area (Å²) in [4.78, 5) is 11.8. The van der Waals surface area contributed by atoms with Gasteiger partial charge < -0.3 is 24.1 Å². The Hall–Kier alpha value is -1.11. The fourth-order valence-corrected chi connectivity index (χ4v) is 2.59. The van der Waals surface area contributed by atoms with Crippen LogP contribution in [0.25, 0.3) is 0 Å². The lowest BCUT2D eigenvalue weighted by molar-refractivity contribution is -0.139. The molecule has 0 saturated heterocycles. The van der Waals surface area contributed by atoms with E-state index in [1.54, 1.807) is 6.92 Å². The van der Waals surface area contributed by atoms with Gasteiger partial charge in [0.05, 0.1) is 51.5 Å². The predicted octanol–water partition coefficient (Wildman–Crippen LogP) is 4.40. The van der Waals surface area contributed by atoms with Crippen molar-refractivity contribution in [3.05, 3.63) is 11.8 Å². The zero-order valence-corrected chi connectivity index (χ0v) is 18.1. The first-order valence-corrected chi connectivity index (χ1v) is 10.9. The molecule has 166 valence electrons. The molecule has 0 aliphatic rings. The Morgan fingerprint density at radius 1 is 0.750 bits per heavy atom. The van der Waals surface area contributed by atoms with E-state index in [-0.39, 0.29) is 12.6 Å². The third kappa shape index (κ3) is 19.6. The Labute approximate surface area is 171 Å². The Balaban J connectivity index is 3.42. The van der Waals surface area contributed by atoms with Gasteiger partial charge >= 0.3 is 5.97 Å². The molecule has 0 fully saturated rings. The summed E-state index contributed by atoms with van der Waals surface area (Å²) in [7, 11) is 0. The third-order valence-corrected chi connectivity index (χ3v) is 4.27. The minimum absolute atomic E-state index is 0.0163. The summed E-state index contributed by atoms with van der Waals surface area (Å²) in [6, 6.07) is 0. The van der Waals surface area contributed by atoms with Gasteiger partial charge in [0, 0.05) is 0 Å². The van der Waals surface area contributed by atoms with Gasteiger partial charge in [0.25, 0.3) is 0 Å². The Morgan fingerprint density at radius 2 is 1.29 bits per heavy atom. The number of hydrogen-bond acceptors (Lipinski definition) is 6. The molecule has 1 N–H and O–H groups in total. The van der Waals surface area contributed by atoms with E-state index < -0.39 is 0 Å². The minimum atomic E-state index is -0.325. The van der Waals surface area contributed by atoms with Crippen LogP contribution in [0.4, 0.5) is 0 Å². The van der Waals surface area contributed by atoms with Crippen LogP contribution < -0.4 is 0 Å². The van der Waals surface area contributed by atoms with Crippen LogP contribution in [-0.2, 0) is 23.7 Å². The fraction of sp³-hybridized carbons (Fsp3) is 0.864. The molecule has 0 rings (SSSR count). The number of carbonyl (C=O) groups is 1. The van der Waals surface area contributed by atoms with Gasteiger partial charge in [-0.15, -0.1) is 0 Å². The van der Waals surface area contributed by atoms with E-state index in [0.29, 0.717) is 45.2 Å². The van der Waals surface area contributed by atoms with Crippen LogP contribution in [0.5, 0.6) is 0 Å². The standard InChI is InChI=1S/C22H42O6/c1-3-4-5-6-7-8-9-10-11-12-14-28-22(24)21(2)20-27-19-18-26-17-16-25-15-13-23/h20,23H,3-19H2,1-2H3. The number of unbranched alkanes of at least 4 members (excludes halogenated alkanes) is 9. The zero-order valence-electron chi connectivity index (χ0n) is 18.1. The van der Waals surface area contributed by atoms with E-state index in [2.05, 4.69) is 6.92 Å². The third-order valence-electron chi connectivity index (χ3n) is 4.27. The van der Waals surface area contributed by atoms with E-state index in [1.807, 2.05) is 0 Å². The summed E-state index contributed by atoms with van der Waals surface area (Å²) in [6.45, 7) is 6.41. The molecule has 0 aromatic carbocycles. The number of aliphatic hydroxyl groups is 1. The average Bonchev–Trinajstić information content (AvgIpc) is 2.70. The molecule has 0 amide bonds. The Bertz CT molecular complexity index is 370. The first-order valence-electron chi connectivity index (χ1n) is 10.9. The number of carbonyl (C=O) groups excluding carboxylic acids is 1. The van der Waals surface area contributed by atoms with Crippen molar-refractivity contribution in [2.45, 2.75) is 78.1 Å². The van der Waals surface area contributed by atoms with Crippen molar-refractivity contribution in [2.24, 2.45) is 0 Å². The molecule has 28 heavy (non-hydrogen) atoms. The van der Waals surface area contributed by atoms with Crippen molar-refractivity contribution in [3.63, 3.8) is 0 Å². The number of hydrogen-bond donors (Lipinski definition) is 1. The van der Waals surface area contributed by atoms with Crippen molar-refractivity contribution >= 4 is 5.97 Å². The number of aliphatic hydroxyl groups excluding tert-OH is 1. The quantitative estimate of drug-likeness (QED) is 0.133. The van der Waals surface area contributed by atoms with Gasteiger partial charge in [-0.3, -0.25) is 0 Å². The minimum Gasteiger partial charge on any atom is -0.498 e. The largest absolute Gasteiger partial charge is 0.498 e. The van der Waals surface area contributed by atoms with Crippen LogP contribution in [0, 0.1) is 0 Å². The van der Waals surface area contributed by atoms with E-state index >= 15 is 0 Å². The highest BCUT2D eigenvalue weighted by molar-refractivity contribution is 5.87. The van der Waals surface area contributed by atoms with Crippen molar-refractivity contribution in [1.29, 1.82) is 0 Å². The number of rotatable bonds is 21. The van der Waals surface area contributed by atoms with E-state index in [1.165, 1.54) is 57.6 Å². The fourth-order valence-electron chi connectivity index (χ4n) is 2.59. The maximum Gasteiger partial charge on any atom is 0.336 e. The Morgan fingerprint density at radius 3 is 1.89 bits per heavy atom. The summed E-state index contributed by atoms with van der Waals surface area (Å²) in [5.41, 5.74) is 0.457. The highest BCUT2D eigenvalue weighted by atomic mass is 16.5. The zero-order chi connectivity index (χ0) is 20.7. The maximum atomic E-state index is 11.8.